The van der Waals surface area contributed by atoms with Gasteiger partial charge in [0.05, 0.1) is 5.56 Å². The van der Waals surface area contributed by atoms with E-state index in [2.05, 4.69) is 4.72 Å². The van der Waals surface area contributed by atoms with Crippen molar-refractivity contribution >= 4 is 15.9 Å². The Balaban J connectivity index is 3.08. The third-order valence-corrected chi connectivity index (χ3v) is 4.40. The number of carbonyl (C=O) groups is 1. The Hall–Kier alpha value is -1.87. The molecule has 108 valence electrons. The van der Waals surface area contributed by atoms with E-state index in [0.717, 1.165) is 6.42 Å². The highest BCUT2D eigenvalue weighted by Crippen LogP contribution is 2.23. The van der Waals surface area contributed by atoms with Crippen molar-refractivity contribution in [3.63, 3.8) is 0 Å². The largest absolute Gasteiger partial charge is 0.273 e. The van der Waals surface area contributed by atoms with Crippen molar-refractivity contribution < 1.29 is 13.2 Å². The van der Waals surface area contributed by atoms with Gasteiger partial charge < -0.3 is 0 Å². The summed E-state index contributed by atoms with van der Waals surface area (Å²) in [5.41, 5.74) is -0.759. The first-order valence-electron chi connectivity index (χ1n) is 6.31. The van der Waals surface area contributed by atoms with Crippen LogP contribution in [-0.2, 0) is 14.8 Å². The molecular formula is C14H18N2O3S. The van der Waals surface area contributed by atoms with E-state index < -0.39 is 21.3 Å². The van der Waals surface area contributed by atoms with Crippen molar-refractivity contribution in [1.82, 2.24) is 4.72 Å². The lowest BCUT2D eigenvalue weighted by molar-refractivity contribution is -0.127. The molecule has 1 amide bonds. The highest BCUT2D eigenvalue weighted by atomic mass is 32.2. The standard InChI is InChI=1S/C14H18N2O3S/c1-4-9-14(2,3)13(17)16-20(18,19)12-8-6-5-7-11(12)10-15/h5-8H,4,9H2,1-3H3,(H,16,17). The van der Waals surface area contributed by atoms with Crippen molar-refractivity contribution in [2.75, 3.05) is 0 Å². The molecule has 1 N–H and O–H groups in total. The maximum absolute atomic E-state index is 12.2. The third-order valence-electron chi connectivity index (χ3n) is 3.01. The van der Waals surface area contributed by atoms with E-state index in [0.29, 0.717) is 6.42 Å². The average Bonchev–Trinajstić information content (AvgIpc) is 2.38. The monoisotopic (exact) mass is 294 g/mol. The van der Waals surface area contributed by atoms with Crippen LogP contribution < -0.4 is 4.72 Å². The van der Waals surface area contributed by atoms with Gasteiger partial charge in [-0.1, -0.05) is 39.3 Å². The Labute approximate surface area is 119 Å². The van der Waals surface area contributed by atoms with E-state index in [1.807, 2.05) is 13.0 Å². The Kier molecular flexibility index (Phi) is 4.90. The second-order valence-corrected chi connectivity index (χ2v) is 6.83. The molecule has 0 unspecified atom stereocenters. The predicted molar refractivity (Wildman–Crippen MR) is 75.2 cm³/mol. The normalized spacial score (nSPS) is 11.7. The number of nitrogens with one attached hydrogen (secondary N) is 1. The fraction of sp³-hybridized carbons (Fsp3) is 0.429. The first-order chi connectivity index (χ1) is 9.24. The number of hydrogen-bond acceptors (Lipinski definition) is 4. The third kappa shape index (κ3) is 3.58. The van der Waals surface area contributed by atoms with Crippen LogP contribution in [0.2, 0.25) is 0 Å². The molecule has 0 aliphatic rings. The lowest BCUT2D eigenvalue weighted by Gasteiger charge is -2.22. The van der Waals surface area contributed by atoms with E-state index in [9.17, 15) is 13.2 Å². The Morgan fingerprint density at radius 1 is 1.35 bits per heavy atom. The lowest BCUT2D eigenvalue weighted by atomic mass is 9.87. The number of benzene rings is 1. The van der Waals surface area contributed by atoms with Gasteiger partial charge in [0.15, 0.2) is 0 Å². The zero-order valence-electron chi connectivity index (χ0n) is 11.8. The summed E-state index contributed by atoms with van der Waals surface area (Å²) < 4.78 is 26.4. The summed E-state index contributed by atoms with van der Waals surface area (Å²) in [5, 5.41) is 8.93. The van der Waals surface area contributed by atoms with Gasteiger partial charge in [-0.15, -0.1) is 0 Å². The van der Waals surface area contributed by atoms with Crippen molar-refractivity contribution in [1.29, 1.82) is 5.26 Å². The number of nitriles is 1. The first-order valence-corrected chi connectivity index (χ1v) is 7.79. The molecular weight excluding hydrogens is 276 g/mol. The molecule has 0 aliphatic carbocycles. The highest BCUT2D eigenvalue weighted by molar-refractivity contribution is 7.90. The van der Waals surface area contributed by atoms with Gasteiger partial charge in [0.1, 0.15) is 11.0 Å². The average molecular weight is 294 g/mol. The molecule has 0 saturated carbocycles. The number of amides is 1. The molecule has 6 heteroatoms. The molecule has 1 aromatic carbocycles. The van der Waals surface area contributed by atoms with Crippen LogP contribution in [-0.4, -0.2) is 14.3 Å². The molecule has 1 aromatic rings. The molecule has 0 aliphatic heterocycles. The lowest BCUT2D eigenvalue weighted by Crippen LogP contribution is -2.40. The van der Waals surface area contributed by atoms with E-state index >= 15 is 0 Å². The van der Waals surface area contributed by atoms with E-state index in [4.69, 9.17) is 5.26 Å². The number of sulfonamides is 1. The minimum absolute atomic E-state index is 0.0149. The topological polar surface area (TPSA) is 87.0 Å². The Bertz CT molecular complexity index is 643. The molecule has 20 heavy (non-hydrogen) atoms. The van der Waals surface area contributed by atoms with Crippen molar-refractivity contribution in [3.05, 3.63) is 29.8 Å². The summed E-state index contributed by atoms with van der Waals surface area (Å²) in [6.45, 7) is 5.31. The molecule has 0 radical (unpaired) electrons. The number of carbonyl (C=O) groups excluding carboxylic acids is 1. The first kappa shape index (κ1) is 16.2. The molecule has 0 saturated heterocycles. The van der Waals surface area contributed by atoms with Gasteiger partial charge >= 0.3 is 0 Å². The summed E-state index contributed by atoms with van der Waals surface area (Å²) >= 11 is 0. The molecule has 1 rings (SSSR count). The summed E-state index contributed by atoms with van der Waals surface area (Å²) in [5.74, 6) is -0.563. The van der Waals surface area contributed by atoms with Crippen molar-refractivity contribution in [3.8, 4) is 6.07 Å². The summed E-state index contributed by atoms with van der Waals surface area (Å²) in [4.78, 5) is 11.9. The number of hydrogen-bond donors (Lipinski definition) is 1. The van der Waals surface area contributed by atoms with Crippen LogP contribution in [0.5, 0.6) is 0 Å². The maximum atomic E-state index is 12.2. The van der Waals surface area contributed by atoms with Gasteiger partial charge in [0.2, 0.25) is 5.91 Å². The van der Waals surface area contributed by atoms with E-state index in [1.165, 1.54) is 18.2 Å². The Morgan fingerprint density at radius 2 is 1.95 bits per heavy atom. The van der Waals surface area contributed by atoms with Crippen LogP contribution in [0.4, 0.5) is 0 Å². The van der Waals surface area contributed by atoms with Gasteiger partial charge in [-0.2, -0.15) is 5.26 Å². The summed E-state index contributed by atoms with van der Waals surface area (Å²) in [6, 6.07) is 7.59. The van der Waals surface area contributed by atoms with E-state index in [-0.39, 0.29) is 10.5 Å². The molecule has 0 atom stereocenters. The smallest absolute Gasteiger partial charge is 0.265 e. The highest BCUT2D eigenvalue weighted by Gasteiger charge is 2.31. The van der Waals surface area contributed by atoms with Crippen molar-refractivity contribution in [2.45, 2.75) is 38.5 Å². The van der Waals surface area contributed by atoms with Gasteiger partial charge in [0.25, 0.3) is 10.0 Å². The SMILES string of the molecule is CCCC(C)(C)C(=O)NS(=O)(=O)c1ccccc1C#N. The maximum Gasteiger partial charge on any atom is 0.265 e. The quantitative estimate of drug-likeness (QED) is 0.901. The predicted octanol–water partition coefficient (Wildman–Crippen LogP) is 2.19. The molecule has 0 bridgehead atoms. The fourth-order valence-corrected chi connectivity index (χ4v) is 3.14. The molecule has 0 heterocycles. The van der Waals surface area contributed by atoms with Crippen LogP contribution >= 0.6 is 0 Å². The van der Waals surface area contributed by atoms with Crippen LogP contribution in [0.1, 0.15) is 39.2 Å². The molecule has 5 nitrogen and oxygen atoms in total. The zero-order valence-corrected chi connectivity index (χ0v) is 12.6. The van der Waals surface area contributed by atoms with Crippen LogP contribution in [0.3, 0.4) is 0 Å². The summed E-state index contributed by atoms with van der Waals surface area (Å²) in [7, 11) is -4.03. The van der Waals surface area contributed by atoms with Gasteiger partial charge in [0, 0.05) is 5.41 Å². The van der Waals surface area contributed by atoms with Crippen LogP contribution in [0, 0.1) is 16.7 Å². The van der Waals surface area contributed by atoms with Gasteiger partial charge in [-0.3, -0.25) is 4.79 Å². The number of rotatable bonds is 5. The minimum atomic E-state index is -4.03. The molecule has 0 aromatic heterocycles. The Morgan fingerprint density at radius 3 is 2.50 bits per heavy atom. The van der Waals surface area contributed by atoms with Crippen LogP contribution in [0.25, 0.3) is 0 Å². The van der Waals surface area contributed by atoms with E-state index in [1.54, 1.807) is 19.9 Å². The van der Waals surface area contributed by atoms with Gasteiger partial charge in [-0.05, 0) is 18.6 Å². The van der Waals surface area contributed by atoms with Gasteiger partial charge in [-0.25, -0.2) is 13.1 Å². The minimum Gasteiger partial charge on any atom is -0.273 e. The fourth-order valence-electron chi connectivity index (χ4n) is 1.85. The van der Waals surface area contributed by atoms with Crippen molar-refractivity contribution in [2.24, 2.45) is 5.41 Å². The summed E-state index contributed by atoms with van der Waals surface area (Å²) in [6.07, 6.45) is 1.35. The second-order valence-electron chi connectivity index (χ2n) is 5.18. The molecule has 0 fully saturated rings. The second kappa shape index (κ2) is 6.06. The van der Waals surface area contributed by atoms with Crippen LogP contribution in [0.15, 0.2) is 29.2 Å². The molecule has 0 spiro atoms. The number of nitrogens with zero attached hydrogens (tertiary/aromatic N) is 1. The zero-order chi connectivity index (χ0) is 15.4.